The van der Waals surface area contributed by atoms with E-state index in [0.29, 0.717) is 5.92 Å². The largest absolute Gasteiger partial charge is 0.491 e. The van der Waals surface area contributed by atoms with Crippen LogP contribution >= 0.6 is 0 Å². The lowest BCUT2D eigenvalue weighted by atomic mass is 10.0. The molecule has 0 aliphatic carbocycles. The fourth-order valence-corrected chi connectivity index (χ4v) is 2.29. The molecule has 2 aromatic rings. The van der Waals surface area contributed by atoms with Crippen LogP contribution in [0.5, 0.6) is 5.75 Å². The molecular formula is C19H25NO. The van der Waals surface area contributed by atoms with Gasteiger partial charge in [0, 0.05) is 13.1 Å². The lowest BCUT2D eigenvalue weighted by Crippen LogP contribution is -2.19. The van der Waals surface area contributed by atoms with Crippen LogP contribution in [0.2, 0.25) is 0 Å². The van der Waals surface area contributed by atoms with Crippen molar-refractivity contribution < 1.29 is 4.74 Å². The van der Waals surface area contributed by atoms with Gasteiger partial charge < -0.3 is 10.1 Å². The molecule has 0 amide bonds. The van der Waals surface area contributed by atoms with E-state index in [1.807, 2.05) is 26.0 Å². The molecule has 0 aliphatic heterocycles. The fourth-order valence-electron chi connectivity index (χ4n) is 2.29. The lowest BCUT2D eigenvalue weighted by molar-refractivity contribution is 0.242. The number of nitrogens with one attached hydrogen (secondary N) is 1. The highest BCUT2D eigenvalue weighted by Gasteiger charge is 2.04. The van der Waals surface area contributed by atoms with Crippen molar-refractivity contribution in [3.05, 3.63) is 65.7 Å². The normalized spacial score (nSPS) is 12.4. The second kappa shape index (κ2) is 7.84. The first-order valence-corrected chi connectivity index (χ1v) is 7.66. The molecule has 2 aromatic carbocycles. The van der Waals surface area contributed by atoms with Gasteiger partial charge in [-0.1, -0.05) is 49.4 Å². The van der Waals surface area contributed by atoms with Crippen molar-refractivity contribution in [3.63, 3.8) is 0 Å². The van der Waals surface area contributed by atoms with Crippen LogP contribution in [0.1, 0.15) is 37.8 Å². The molecule has 0 bridgehead atoms. The molecule has 0 aliphatic rings. The van der Waals surface area contributed by atoms with Crippen molar-refractivity contribution >= 4 is 0 Å². The van der Waals surface area contributed by atoms with E-state index in [2.05, 4.69) is 54.7 Å². The zero-order valence-corrected chi connectivity index (χ0v) is 13.2. The molecule has 2 heteroatoms. The molecule has 112 valence electrons. The summed E-state index contributed by atoms with van der Waals surface area (Å²) >= 11 is 0. The van der Waals surface area contributed by atoms with Crippen LogP contribution in [0.3, 0.4) is 0 Å². The van der Waals surface area contributed by atoms with Crippen LogP contribution in [0.25, 0.3) is 0 Å². The van der Waals surface area contributed by atoms with Crippen LogP contribution in [0, 0.1) is 0 Å². The lowest BCUT2D eigenvalue weighted by Gasteiger charge is -2.14. The summed E-state index contributed by atoms with van der Waals surface area (Å²) in [4.78, 5) is 0. The molecule has 1 N–H and O–H groups in total. The van der Waals surface area contributed by atoms with Crippen molar-refractivity contribution in [3.8, 4) is 5.75 Å². The fraction of sp³-hybridized carbons (Fsp3) is 0.368. The molecular weight excluding hydrogens is 258 g/mol. The van der Waals surface area contributed by atoms with Gasteiger partial charge >= 0.3 is 0 Å². The van der Waals surface area contributed by atoms with Gasteiger partial charge in [-0.3, -0.25) is 0 Å². The molecule has 1 atom stereocenters. The van der Waals surface area contributed by atoms with Crippen molar-refractivity contribution in [1.82, 2.24) is 5.32 Å². The summed E-state index contributed by atoms with van der Waals surface area (Å²) < 4.78 is 5.65. The van der Waals surface area contributed by atoms with Crippen molar-refractivity contribution in [2.75, 3.05) is 6.54 Å². The molecule has 0 aromatic heterocycles. The summed E-state index contributed by atoms with van der Waals surface area (Å²) in [6.07, 6.45) is 0.223. The highest BCUT2D eigenvalue weighted by molar-refractivity contribution is 5.27. The van der Waals surface area contributed by atoms with Gasteiger partial charge in [-0.15, -0.1) is 0 Å². The zero-order valence-electron chi connectivity index (χ0n) is 13.2. The number of ether oxygens (including phenoxy) is 1. The number of hydrogen-bond acceptors (Lipinski definition) is 2. The first-order valence-electron chi connectivity index (χ1n) is 7.66. The SMILES string of the molecule is CC(C)Oc1ccc(CNCC(C)c2ccccc2)cc1. The van der Waals surface area contributed by atoms with Gasteiger partial charge in [-0.25, -0.2) is 0 Å². The van der Waals surface area contributed by atoms with E-state index in [9.17, 15) is 0 Å². The molecule has 0 saturated carbocycles. The summed E-state index contributed by atoms with van der Waals surface area (Å²) in [5, 5.41) is 3.52. The molecule has 0 heterocycles. The van der Waals surface area contributed by atoms with Crippen molar-refractivity contribution in [2.45, 2.75) is 39.3 Å². The molecule has 0 fully saturated rings. The smallest absolute Gasteiger partial charge is 0.119 e. The maximum absolute atomic E-state index is 5.65. The summed E-state index contributed by atoms with van der Waals surface area (Å²) in [5.74, 6) is 1.46. The minimum atomic E-state index is 0.223. The van der Waals surface area contributed by atoms with Gasteiger partial charge in [0.25, 0.3) is 0 Å². The van der Waals surface area contributed by atoms with E-state index in [1.165, 1.54) is 11.1 Å². The minimum Gasteiger partial charge on any atom is -0.491 e. The predicted molar refractivity (Wildman–Crippen MR) is 88.8 cm³/mol. The summed E-state index contributed by atoms with van der Waals surface area (Å²) in [5.41, 5.74) is 2.66. The van der Waals surface area contributed by atoms with Gasteiger partial charge in [0.2, 0.25) is 0 Å². The van der Waals surface area contributed by atoms with Crippen LogP contribution in [-0.4, -0.2) is 12.6 Å². The first kappa shape index (κ1) is 15.6. The minimum absolute atomic E-state index is 0.223. The molecule has 0 radical (unpaired) electrons. The summed E-state index contributed by atoms with van der Waals surface area (Å²) in [7, 11) is 0. The summed E-state index contributed by atoms with van der Waals surface area (Å²) in [6.45, 7) is 8.20. The second-order valence-corrected chi connectivity index (χ2v) is 5.75. The quantitative estimate of drug-likeness (QED) is 0.815. The average molecular weight is 283 g/mol. The van der Waals surface area contributed by atoms with Crippen LogP contribution in [0.4, 0.5) is 0 Å². The van der Waals surface area contributed by atoms with Crippen LogP contribution in [0.15, 0.2) is 54.6 Å². The van der Waals surface area contributed by atoms with Crippen LogP contribution < -0.4 is 10.1 Å². The highest BCUT2D eigenvalue weighted by Crippen LogP contribution is 2.15. The first-order chi connectivity index (χ1) is 10.1. The Morgan fingerprint density at radius 3 is 2.19 bits per heavy atom. The number of rotatable bonds is 7. The maximum atomic E-state index is 5.65. The van der Waals surface area contributed by atoms with Crippen LogP contribution in [-0.2, 0) is 6.54 Å². The van der Waals surface area contributed by atoms with E-state index in [4.69, 9.17) is 4.74 Å². The Hall–Kier alpha value is -1.80. The van der Waals surface area contributed by atoms with Crippen molar-refractivity contribution in [2.24, 2.45) is 0 Å². The van der Waals surface area contributed by atoms with E-state index < -0.39 is 0 Å². The Bertz CT molecular complexity index is 519. The predicted octanol–water partition coefficient (Wildman–Crippen LogP) is 4.37. The van der Waals surface area contributed by atoms with Gasteiger partial charge in [-0.2, -0.15) is 0 Å². The molecule has 0 spiro atoms. The molecule has 1 unspecified atom stereocenters. The van der Waals surface area contributed by atoms with Gasteiger partial charge in [-0.05, 0) is 43.0 Å². The van der Waals surface area contributed by atoms with E-state index in [0.717, 1.165) is 18.8 Å². The third-order valence-corrected chi connectivity index (χ3v) is 3.44. The van der Waals surface area contributed by atoms with E-state index >= 15 is 0 Å². The van der Waals surface area contributed by atoms with Crippen molar-refractivity contribution in [1.29, 1.82) is 0 Å². The van der Waals surface area contributed by atoms with Gasteiger partial charge in [0.1, 0.15) is 5.75 Å². The third-order valence-electron chi connectivity index (χ3n) is 3.44. The number of hydrogen-bond donors (Lipinski definition) is 1. The molecule has 2 nitrogen and oxygen atoms in total. The van der Waals surface area contributed by atoms with E-state index in [-0.39, 0.29) is 6.10 Å². The Labute approximate surface area is 128 Å². The maximum Gasteiger partial charge on any atom is 0.119 e. The number of benzene rings is 2. The monoisotopic (exact) mass is 283 g/mol. The second-order valence-electron chi connectivity index (χ2n) is 5.75. The van der Waals surface area contributed by atoms with E-state index in [1.54, 1.807) is 0 Å². The summed E-state index contributed by atoms with van der Waals surface area (Å²) in [6, 6.07) is 18.9. The Morgan fingerprint density at radius 2 is 1.57 bits per heavy atom. The molecule has 0 saturated heterocycles. The Morgan fingerprint density at radius 1 is 0.905 bits per heavy atom. The highest BCUT2D eigenvalue weighted by atomic mass is 16.5. The zero-order chi connectivity index (χ0) is 15.1. The Balaban J connectivity index is 1.78. The van der Waals surface area contributed by atoms with Gasteiger partial charge in [0.05, 0.1) is 6.10 Å². The standard InChI is InChI=1S/C19H25NO/c1-15(2)21-19-11-9-17(10-12-19)14-20-13-16(3)18-7-5-4-6-8-18/h4-12,15-16,20H,13-14H2,1-3H3. The van der Waals surface area contributed by atoms with Gasteiger partial charge in [0.15, 0.2) is 0 Å². The topological polar surface area (TPSA) is 21.3 Å². The Kier molecular flexibility index (Phi) is 5.82. The average Bonchev–Trinajstić information content (AvgIpc) is 2.49. The third kappa shape index (κ3) is 5.24. The molecule has 2 rings (SSSR count). The molecule has 21 heavy (non-hydrogen) atoms.